The quantitative estimate of drug-likeness (QED) is 0.855. The van der Waals surface area contributed by atoms with Crippen molar-refractivity contribution >= 4 is 16.9 Å². The molecule has 2 heterocycles. The van der Waals surface area contributed by atoms with Crippen molar-refractivity contribution in [1.29, 1.82) is 0 Å². The lowest BCUT2D eigenvalue weighted by molar-refractivity contribution is -0.148. The van der Waals surface area contributed by atoms with Gasteiger partial charge in [-0.1, -0.05) is 19.1 Å². The second-order valence-corrected chi connectivity index (χ2v) is 8.44. The number of methoxy groups -OCH3 is 1. The standard InChI is InChI=1S/C22H28N2O2/c1-3-18-17-10-20-16(15-5-4-6-19(23-18)21(15)17)9-14(22(25)26-2)12-24(20)11-13-7-8-13/h4-6,13-14,16,20,23H,3,7-12H2,1-2H3/t14-,16-,20-/m1/s1. The summed E-state index contributed by atoms with van der Waals surface area (Å²) in [6.07, 6.45) is 5.79. The van der Waals surface area contributed by atoms with E-state index in [0.717, 1.165) is 38.3 Å². The first-order valence-electron chi connectivity index (χ1n) is 10.1. The summed E-state index contributed by atoms with van der Waals surface area (Å²) in [7, 11) is 1.53. The van der Waals surface area contributed by atoms with Gasteiger partial charge in [-0.15, -0.1) is 0 Å². The Morgan fingerprint density at radius 3 is 2.92 bits per heavy atom. The maximum atomic E-state index is 12.4. The van der Waals surface area contributed by atoms with Gasteiger partial charge in [0, 0.05) is 41.6 Å². The van der Waals surface area contributed by atoms with Gasteiger partial charge in [0.1, 0.15) is 0 Å². The van der Waals surface area contributed by atoms with Crippen LogP contribution in [0.2, 0.25) is 0 Å². The maximum absolute atomic E-state index is 12.4. The van der Waals surface area contributed by atoms with Gasteiger partial charge in [0.2, 0.25) is 0 Å². The lowest BCUT2D eigenvalue weighted by atomic mass is 9.71. The first-order chi connectivity index (χ1) is 12.7. The van der Waals surface area contributed by atoms with Gasteiger partial charge in [0.15, 0.2) is 0 Å². The number of esters is 1. The first kappa shape index (κ1) is 16.4. The molecular formula is C22H28N2O2. The van der Waals surface area contributed by atoms with Gasteiger partial charge in [-0.3, -0.25) is 9.69 Å². The monoisotopic (exact) mass is 352 g/mol. The number of fused-ring (bicyclic) bond motifs is 2. The molecule has 1 aliphatic heterocycles. The number of H-pyrrole nitrogens is 1. The molecule has 3 atom stereocenters. The summed E-state index contributed by atoms with van der Waals surface area (Å²) >= 11 is 0. The number of nitrogens with one attached hydrogen (secondary N) is 1. The molecule has 2 fully saturated rings. The van der Waals surface area contributed by atoms with Gasteiger partial charge in [-0.05, 0) is 55.2 Å². The van der Waals surface area contributed by atoms with E-state index in [9.17, 15) is 4.79 Å². The minimum Gasteiger partial charge on any atom is -0.469 e. The summed E-state index contributed by atoms with van der Waals surface area (Å²) in [5.74, 6) is 1.23. The zero-order valence-electron chi connectivity index (χ0n) is 15.8. The molecule has 0 unspecified atom stereocenters. The molecule has 26 heavy (non-hydrogen) atoms. The lowest BCUT2D eigenvalue weighted by Crippen LogP contribution is -2.52. The largest absolute Gasteiger partial charge is 0.469 e. The highest BCUT2D eigenvalue weighted by molar-refractivity contribution is 5.90. The average molecular weight is 352 g/mol. The Labute approximate surface area is 154 Å². The van der Waals surface area contributed by atoms with Crippen LogP contribution in [0.4, 0.5) is 0 Å². The molecule has 4 nitrogen and oxygen atoms in total. The van der Waals surface area contributed by atoms with E-state index in [4.69, 9.17) is 4.74 Å². The third kappa shape index (κ3) is 2.50. The summed E-state index contributed by atoms with van der Waals surface area (Å²) in [5.41, 5.74) is 5.63. The first-order valence-corrected chi connectivity index (χ1v) is 10.1. The molecule has 0 radical (unpaired) electrons. The molecule has 3 aliphatic rings. The number of likely N-dealkylation sites (tertiary alicyclic amines) is 1. The normalized spacial score (nSPS) is 28.2. The average Bonchev–Trinajstić information content (AvgIpc) is 3.41. The third-order valence-corrected chi connectivity index (χ3v) is 6.87. The second kappa shape index (κ2) is 6.12. The smallest absolute Gasteiger partial charge is 0.309 e. The van der Waals surface area contributed by atoms with Crippen molar-refractivity contribution in [3.63, 3.8) is 0 Å². The van der Waals surface area contributed by atoms with Crippen LogP contribution in [0.25, 0.3) is 10.9 Å². The van der Waals surface area contributed by atoms with E-state index >= 15 is 0 Å². The minimum atomic E-state index is -0.0365. The fourth-order valence-corrected chi connectivity index (χ4v) is 5.44. The number of ether oxygens (including phenoxy) is 1. The number of piperidine rings is 1. The number of hydrogen-bond donors (Lipinski definition) is 1. The van der Waals surface area contributed by atoms with Crippen LogP contribution in [0.5, 0.6) is 0 Å². The SMILES string of the molecule is CCc1[nH]c2cccc3c2c1C[C@@H]1[C@@H]3C[C@@H](C(=O)OC)CN1CC1CC1. The molecule has 0 bridgehead atoms. The zero-order chi connectivity index (χ0) is 17.8. The topological polar surface area (TPSA) is 45.3 Å². The van der Waals surface area contributed by atoms with Crippen LogP contribution in [-0.4, -0.2) is 42.1 Å². The van der Waals surface area contributed by atoms with Crippen molar-refractivity contribution in [2.45, 2.75) is 51.0 Å². The van der Waals surface area contributed by atoms with Crippen LogP contribution in [0, 0.1) is 11.8 Å². The van der Waals surface area contributed by atoms with Crippen molar-refractivity contribution in [2.24, 2.45) is 11.8 Å². The number of aromatic nitrogens is 1. The second-order valence-electron chi connectivity index (χ2n) is 8.44. The molecule has 2 aromatic rings. The van der Waals surface area contributed by atoms with E-state index in [0.29, 0.717) is 12.0 Å². The number of hydrogen-bond acceptors (Lipinski definition) is 3. The van der Waals surface area contributed by atoms with Gasteiger partial charge in [-0.2, -0.15) is 0 Å². The van der Waals surface area contributed by atoms with Gasteiger partial charge in [-0.25, -0.2) is 0 Å². The molecule has 0 spiro atoms. The third-order valence-electron chi connectivity index (χ3n) is 6.87. The fraction of sp³-hybridized carbons (Fsp3) is 0.591. The molecule has 5 rings (SSSR count). The molecule has 2 aliphatic carbocycles. The van der Waals surface area contributed by atoms with Crippen molar-refractivity contribution in [3.05, 3.63) is 35.0 Å². The van der Waals surface area contributed by atoms with Crippen LogP contribution in [0.15, 0.2) is 18.2 Å². The van der Waals surface area contributed by atoms with Crippen molar-refractivity contribution in [2.75, 3.05) is 20.2 Å². The minimum absolute atomic E-state index is 0.00129. The molecule has 1 N–H and O–H groups in total. The number of rotatable bonds is 4. The number of carbonyl (C=O) groups is 1. The van der Waals surface area contributed by atoms with Crippen molar-refractivity contribution in [3.8, 4) is 0 Å². The van der Waals surface area contributed by atoms with Crippen LogP contribution in [0.1, 0.15) is 48.9 Å². The summed E-state index contributed by atoms with van der Waals surface area (Å²) < 4.78 is 5.13. The van der Waals surface area contributed by atoms with E-state index in [1.807, 2.05) is 0 Å². The summed E-state index contributed by atoms with van der Waals surface area (Å²) in [5, 5.41) is 1.43. The van der Waals surface area contributed by atoms with Gasteiger partial charge in [0.05, 0.1) is 13.0 Å². The van der Waals surface area contributed by atoms with Gasteiger partial charge < -0.3 is 9.72 Å². The van der Waals surface area contributed by atoms with Crippen LogP contribution >= 0.6 is 0 Å². The molecule has 1 saturated heterocycles. The van der Waals surface area contributed by atoms with Crippen LogP contribution in [-0.2, 0) is 22.4 Å². The molecule has 0 amide bonds. The van der Waals surface area contributed by atoms with Crippen molar-refractivity contribution in [1.82, 2.24) is 9.88 Å². The number of carbonyl (C=O) groups excluding carboxylic acids is 1. The number of nitrogens with zero attached hydrogens (tertiary/aromatic N) is 1. The highest BCUT2D eigenvalue weighted by atomic mass is 16.5. The van der Waals surface area contributed by atoms with Gasteiger partial charge >= 0.3 is 5.97 Å². The van der Waals surface area contributed by atoms with E-state index in [1.165, 1.54) is 47.7 Å². The number of aryl methyl sites for hydroxylation is 1. The highest BCUT2D eigenvalue weighted by Crippen LogP contribution is 2.47. The Kier molecular flexibility index (Phi) is 3.85. The molecule has 1 aromatic heterocycles. The maximum Gasteiger partial charge on any atom is 0.309 e. The van der Waals surface area contributed by atoms with Gasteiger partial charge in [0.25, 0.3) is 0 Å². The molecular weight excluding hydrogens is 324 g/mol. The summed E-state index contributed by atoms with van der Waals surface area (Å²) in [4.78, 5) is 18.7. The lowest BCUT2D eigenvalue weighted by Gasteiger charge is -2.46. The Morgan fingerprint density at radius 2 is 2.19 bits per heavy atom. The zero-order valence-corrected chi connectivity index (χ0v) is 15.8. The molecule has 138 valence electrons. The highest BCUT2D eigenvalue weighted by Gasteiger charge is 2.44. The van der Waals surface area contributed by atoms with E-state index in [2.05, 4.69) is 35.0 Å². The Balaban J connectivity index is 1.59. The predicted molar refractivity (Wildman–Crippen MR) is 102 cm³/mol. The number of benzene rings is 1. The van der Waals surface area contributed by atoms with Crippen LogP contribution < -0.4 is 0 Å². The molecule has 1 aromatic carbocycles. The van der Waals surface area contributed by atoms with Crippen LogP contribution in [0.3, 0.4) is 0 Å². The Bertz CT molecular complexity index is 851. The van der Waals surface area contributed by atoms with E-state index in [-0.39, 0.29) is 11.9 Å². The summed E-state index contributed by atoms with van der Waals surface area (Å²) in [6.45, 7) is 4.25. The molecule has 4 heteroatoms. The number of aromatic amines is 1. The van der Waals surface area contributed by atoms with Crippen molar-refractivity contribution < 1.29 is 9.53 Å². The fourth-order valence-electron chi connectivity index (χ4n) is 5.44. The molecule has 1 saturated carbocycles. The Morgan fingerprint density at radius 1 is 1.35 bits per heavy atom. The predicted octanol–water partition coefficient (Wildman–Crippen LogP) is 3.64. The Hall–Kier alpha value is -1.81. The van der Waals surface area contributed by atoms with E-state index < -0.39 is 0 Å². The summed E-state index contributed by atoms with van der Waals surface area (Å²) in [6, 6.07) is 7.19. The van der Waals surface area contributed by atoms with E-state index in [1.54, 1.807) is 0 Å².